The molecular formula is C40H49FN8O5. The summed E-state index contributed by atoms with van der Waals surface area (Å²) in [5.41, 5.74) is 2.77. The Morgan fingerprint density at radius 2 is 1.87 bits per heavy atom. The Kier molecular flexibility index (Phi) is 10.3. The molecule has 14 heteroatoms. The van der Waals surface area contributed by atoms with Gasteiger partial charge in [0.15, 0.2) is 11.6 Å². The maximum atomic E-state index is 14.4. The molecule has 1 unspecified atom stereocenters. The molecule has 1 saturated carbocycles. The molecular weight excluding hydrogens is 691 g/mol. The molecule has 286 valence electrons. The third kappa shape index (κ3) is 7.89. The monoisotopic (exact) mass is 740 g/mol. The molecule has 1 atom stereocenters. The minimum Gasteiger partial charge on any atom is -0.490 e. The quantitative estimate of drug-likeness (QED) is 0.164. The number of anilines is 1. The van der Waals surface area contributed by atoms with Crippen LogP contribution in [0.15, 0.2) is 55.4 Å². The highest BCUT2D eigenvalue weighted by atomic mass is 19.1. The third-order valence-corrected chi connectivity index (χ3v) is 10.5. The first-order chi connectivity index (χ1) is 25.8. The lowest BCUT2D eigenvalue weighted by molar-refractivity contribution is -0.0353. The fourth-order valence-electron chi connectivity index (χ4n) is 7.69. The van der Waals surface area contributed by atoms with Gasteiger partial charge in [-0.1, -0.05) is 6.92 Å². The van der Waals surface area contributed by atoms with Crippen LogP contribution in [0.5, 0.6) is 17.2 Å². The van der Waals surface area contributed by atoms with Crippen LogP contribution in [0.4, 0.5) is 15.0 Å². The molecule has 7 rings (SSSR count). The van der Waals surface area contributed by atoms with Crippen LogP contribution >= 0.6 is 0 Å². The summed E-state index contributed by atoms with van der Waals surface area (Å²) >= 11 is 0. The number of fused-ring (bicyclic) bond motifs is 1. The Morgan fingerprint density at radius 3 is 2.61 bits per heavy atom. The molecule has 1 amide bonds. The van der Waals surface area contributed by atoms with Gasteiger partial charge in [-0.25, -0.2) is 19.2 Å². The van der Waals surface area contributed by atoms with E-state index >= 15 is 0 Å². The van der Waals surface area contributed by atoms with Gasteiger partial charge >= 0.3 is 6.09 Å². The molecule has 0 N–H and O–H groups in total. The first-order valence-electron chi connectivity index (χ1n) is 18.8. The lowest BCUT2D eigenvalue weighted by atomic mass is 9.61. The molecule has 1 aliphatic carbocycles. The molecule has 0 radical (unpaired) electrons. The fraction of sp³-hybridized carbons (Fsp3) is 0.500. The van der Waals surface area contributed by atoms with Crippen LogP contribution in [-0.2, 0) is 24.2 Å². The van der Waals surface area contributed by atoms with E-state index in [9.17, 15) is 14.0 Å². The van der Waals surface area contributed by atoms with Crippen molar-refractivity contribution in [1.29, 1.82) is 0 Å². The zero-order chi connectivity index (χ0) is 38.2. The normalized spacial score (nSPS) is 17.3. The van der Waals surface area contributed by atoms with Crippen LogP contribution in [-0.4, -0.2) is 90.5 Å². The topological polar surface area (TPSA) is 128 Å². The highest BCUT2D eigenvalue weighted by molar-refractivity contribution is 5.97. The largest absolute Gasteiger partial charge is 0.490 e. The highest BCUT2D eigenvalue weighted by Gasteiger charge is 2.54. The fourth-order valence-corrected chi connectivity index (χ4v) is 7.69. The number of nitrogens with zero attached hydrogens (tertiary/aromatic N) is 8. The van der Waals surface area contributed by atoms with Crippen LogP contribution in [0, 0.1) is 11.2 Å². The smallest absolute Gasteiger partial charge is 0.435 e. The molecule has 4 aromatic rings. The molecule has 1 saturated heterocycles. The SMILES string of the molecule is CCC(C)N(CC)C(=O)c1cc(F)ccc1Oc1cncnc1N1CC2(CC(Oc3ccnc4c3CN(Cc3cnn(C(=O)OC(C)(C)C)c3)CC4)C2)C1. The van der Waals surface area contributed by atoms with Gasteiger partial charge in [0, 0.05) is 86.4 Å². The van der Waals surface area contributed by atoms with Gasteiger partial charge in [0.1, 0.15) is 35.3 Å². The molecule has 1 spiro atoms. The van der Waals surface area contributed by atoms with E-state index in [4.69, 9.17) is 14.2 Å². The summed E-state index contributed by atoms with van der Waals surface area (Å²) < 4.78 is 34.0. The van der Waals surface area contributed by atoms with Crippen molar-refractivity contribution in [3.05, 3.63) is 83.6 Å². The number of amides is 1. The summed E-state index contributed by atoms with van der Waals surface area (Å²) in [6.07, 6.45) is 11.3. The Hall–Kier alpha value is -5.11. The van der Waals surface area contributed by atoms with Gasteiger partial charge in [-0.2, -0.15) is 9.78 Å². The van der Waals surface area contributed by atoms with Crippen LogP contribution in [0.1, 0.15) is 88.0 Å². The Balaban J connectivity index is 0.962. The van der Waals surface area contributed by atoms with E-state index in [-0.39, 0.29) is 34.8 Å². The number of halogens is 1. The van der Waals surface area contributed by atoms with E-state index in [1.807, 2.05) is 53.8 Å². The molecule has 2 fully saturated rings. The highest BCUT2D eigenvalue weighted by Crippen LogP contribution is 2.52. The first kappa shape index (κ1) is 37.2. The molecule has 3 aliphatic rings. The van der Waals surface area contributed by atoms with Crippen molar-refractivity contribution in [3.63, 3.8) is 0 Å². The van der Waals surface area contributed by atoms with Gasteiger partial charge in [0.25, 0.3) is 5.91 Å². The van der Waals surface area contributed by atoms with E-state index in [1.165, 1.54) is 29.2 Å². The van der Waals surface area contributed by atoms with Gasteiger partial charge in [-0.3, -0.25) is 14.7 Å². The zero-order valence-electron chi connectivity index (χ0n) is 31.9. The number of pyridine rings is 1. The number of aromatic nitrogens is 5. The van der Waals surface area contributed by atoms with Gasteiger partial charge in [0.05, 0.1) is 18.0 Å². The van der Waals surface area contributed by atoms with E-state index in [2.05, 4.69) is 29.9 Å². The minimum atomic E-state index is -0.596. The Bertz CT molecular complexity index is 2000. The zero-order valence-corrected chi connectivity index (χ0v) is 31.9. The summed E-state index contributed by atoms with van der Waals surface area (Å²) in [4.78, 5) is 45.6. The number of carbonyl (C=O) groups excluding carboxylic acids is 2. The van der Waals surface area contributed by atoms with E-state index < -0.39 is 17.5 Å². The molecule has 0 bridgehead atoms. The van der Waals surface area contributed by atoms with Crippen molar-refractivity contribution in [2.45, 2.75) is 98.1 Å². The number of rotatable bonds is 11. The second kappa shape index (κ2) is 15.0. The lowest BCUT2D eigenvalue weighted by Gasteiger charge is -2.59. The average Bonchev–Trinajstić information content (AvgIpc) is 3.58. The van der Waals surface area contributed by atoms with Crippen molar-refractivity contribution in [1.82, 2.24) is 34.5 Å². The van der Waals surface area contributed by atoms with Gasteiger partial charge in [-0.15, -0.1) is 0 Å². The molecule has 2 aliphatic heterocycles. The van der Waals surface area contributed by atoms with Gasteiger partial charge in [0.2, 0.25) is 0 Å². The molecule has 3 aromatic heterocycles. The average molecular weight is 741 g/mol. The number of hydrogen-bond donors (Lipinski definition) is 0. The number of benzene rings is 1. The summed E-state index contributed by atoms with van der Waals surface area (Å²) in [6.45, 7) is 15.6. The third-order valence-electron chi connectivity index (χ3n) is 10.5. The maximum Gasteiger partial charge on any atom is 0.435 e. The number of carbonyl (C=O) groups is 2. The lowest BCUT2D eigenvalue weighted by Crippen LogP contribution is -2.65. The number of ether oxygens (including phenoxy) is 3. The molecule has 5 heterocycles. The summed E-state index contributed by atoms with van der Waals surface area (Å²) in [6, 6.07) is 5.98. The van der Waals surface area contributed by atoms with Crippen molar-refractivity contribution >= 4 is 17.8 Å². The second-order valence-electron chi connectivity index (χ2n) is 15.8. The van der Waals surface area contributed by atoms with Crippen molar-refractivity contribution in [2.75, 3.05) is 31.1 Å². The van der Waals surface area contributed by atoms with Gasteiger partial charge < -0.3 is 24.0 Å². The van der Waals surface area contributed by atoms with Crippen LogP contribution in [0.25, 0.3) is 0 Å². The Morgan fingerprint density at radius 1 is 1.07 bits per heavy atom. The second-order valence-corrected chi connectivity index (χ2v) is 15.8. The van der Waals surface area contributed by atoms with Crippen LogP contribution in [0.3, 0.4) is 0 Å². The molecule has 13 nitrogen and oxygen atoms in total. The first-order valence-corrected chi connectivity index (χ1v) is 18.8. The minimum absolute atomic E-state index is 0.00387. The van der Waals surface area contributed by atoms with Crippen LogP contribution < -0.4 is 14.4 Å². The summed E-state index contributed by atoms with van der Waals surface area (Å²) in [5, 5.41) is 4.22. The van der Waals surface area contributed by atoms with Crippen LogP contribution in [0.2, 0.25) is 0 Å². The Labute approximate surface area is 315 Å². The summed E-state index contributed by atoms with van der Waals surface area (Å²) in [7, 11) is 0. The van der Waals surface area contributed by atoms with E-state index in [0.29, 0.717) is 31.2 Å². The maximum absolute atomic E-state index is 14.4. The van der Waals surface area contributed by atoms with Crippen molar-refractivity contribution in [2.24, 2.45) is 5.41 Å². The number of hydrogen-bond acceptors (Lipinski definition) is 11. The predicted molar refractivity (Wildman–Crippen MR) is 199 cm³/mol. The van der Waals surface area contributed by atoms with Crippen molar-refractivity contribution < 1.29 is 28.2 Å². The summed E-state index contributed by atoms with van der Waals surface area (Å²) in [5.74, 6) is 1.40. The van der Waals surface area contributed by atoms with Gasteiger partial charge in [-0.05, 0) is 78.1 Å². The van der Waals surface area contributed by atoms with E-state index in [1.54, 1.807) is 23.5 Å². The van der Waals surface area contributed by atoms with Crippen molar-refractivity contribution in [3.8, 4) is 17.2 Å². The molecule has 54 heavy (non-hydrogen) atoms. The standard InChI is InChI=1S/C40H49FN8O5/c1-7-26(3)48(8-2)37(50)30-15-28(41)9-10-33(30)53-35-19-42-25-44-36(35)47-23-40(24-47)16-29(17-40)52-34-11-13-43-32-12-14-46(22-31(32)34)20-27-18-45-49(21-27)38(51)54-39(4,5)6/h9-11,13,15,18-19,21,25-26,29H,7-8,12,14,16-17,20,22-24H2,1-6H3. The molecule has 1 aromatic carbocycles. The van der Waals surface area contributed by atoms with E-state index in [0.717, 1.165) is 67.9 Å². The predicted octanol–water partition coefficient (Wildman–Crippen LogP) is 6.65.